The Morgan fingerprint density at radius 3 is 2.41 bits per heavy atom. The van der Waals surface area contributed by atoms with Gasteiger partial charge in [0.2, 0.25) is 17.6 Å². The lowest BCUT2D eigenvalue weighted by molar-refractivity contribution is -0.145. The van der Waals surface area contributed by atoms with Crippen molar-refractivity contribution >= 4 is 40.3 Å². The van der Waals surface area contributed by atoms with E-state index in [4.69, 9.17) is 4.42 Å². The Morgan fingerprint density at radius 1 is 1.12 bits per heavy atom. The van der Waals surface area contributed by atoms with Gasteiger partial charge in [0.25, 0.3) is 5.91 Å². The first-order valence-electron chi connectivity index (χ1n) is 17.5. The molecule has 0 spiro atoms. The van der Waals surface area contributed by atoms with Crippen LogP contribution < -0.4 is 21.3 Å². The molecule has 3 aliphatic rings. The van der Waals surface area contributed by atoms with Gasteiger partial charge in [-0.1, -0.05) is 73.3 Å². The molecule has 4 rings (SSSR count). The third-order valence-corrected chi connectivity index (χ3v) is 12.0. The number of hydrogen-bond donors (Lipinski definition) is 4. The number of amides is 5. The van der Waals surface area contributed by atoms with Crippen LogP contribution in [-0.4, -0.2) is 81.2 Å². The SMILES string of the molecule is C=CCNC(=O)C(=O)C(CCC)NC(=O)[C@@H]1[C@@H]2[C@H](CN1C(=O)[C@@H](NC(=O)NC1(CS(=O)Cc3ccco3)CCCCC1)C(C)(C)C)C2(C)C. The quantitative estimate of drug-likeness (QED) is 0.160. The molecular weight excluding hydrogens is 646 g/mol. The van der Waals surface area contributed by atoms with Crippen LogP contribution in [0.15, 0.2) is 35.5 Å². The smallest absolute Gasteiger partial charge is 0.315 e. The van der Waals surface area contributed by atoms with Crippen molar-refractivity contribution < 1.29 is 32.6 Å². The van der Waals surface area contributed by atoms with Crippen LogP contribution in [-0.2, 0) is 35.7 Å². The van der Waals surface area contributed by atoms with E-state index in [1.54, 1.807) is 23.3 Å². The van der Waals surface area contributed by atoms with Gasteiger partial charge in [0.15, 0.2) is 0 Å². The van der Waals surface area contributed by atoms with Crippen molar-refractivity contribution in [3.63, 3.8) is 0 Å². The van der Waals surface area contributed by atoms with Crippen LogP contribution in [0.5, 0.6) is 0 Å². The van der Waals surface area contributed by atoms with Crippen molar-refractivity contribution in [2.45, 2.75) is 116 Å². The molecule has 2 unspecified atom stereocenters. The Balaban J connectivity index is 1.51. The number of urea groups is 1. The van der Waals surface area contributed by atoms with Crippen molar-refractivity contribution in [2.75, 3.05) is 18.8 Å². The summed E-state index contributed by atoms with van der Waals surface area (Å²) in [5, 5.41) is 11.4. The number of carbonyl (C=O) groups excluding carboxylic acids is 5. The number of furan rings is 1. The van der Waals surface area contributed by atoms with Crippen LogP contribution in [0.1, 0.15) is 92.2 Å². The molecule has 0 bridgehead atoms. The molecule has 3 fully saturated rings. The fourth-order valence-electron chi connectivity index (χ4n) is 7.71. The normalized spacial score (nSPS) is 24.0. The Kier molecular flexibility index (Phi) is 12.2. The Hall–Kier alpha value is -3.48. The average Bonchev–Trinajstić information content (AvgIpc) is 3.45. The minimum Gasteiger partial charge on any atom is -0.468 e. The van der Waals surface area contributed by atoms with Crippen LogP contribution in [0.25, 0.3) is 0 Å². The second-order valence-electron chi connectivity index (χ2n) is 15.6. The van der Waals surface area contributed by atoms with Gasteiger partial charge in [-0.2, -0.15) is 0 Å². The maximum absolute atomic E-state index is 14.4. The highest BCUT2D eigenvalue weighted by atomic mass is 32.2. The summed E-state index contributed by atoms with van der Waals surface area (Å²) in [5.41, 5.74) is -1.60. The first-order valence-corrected chi connectivity index (χ1v) is 19.0. The molecule has 272 valence electrons. The number of carbonyl (C=O) groups is 5. The second kappa shape index (κ2) is 15.6. The van der Waals surface area contributed by atoms with Gasteiger partial charge in [-0.15, -0.1) is 6.58 Å². The lowest BCUT2D eigenvalue weighted by Crippen LogP contribution is -2.63. The first-order chi connectivity index (χ1) is 23.0. The van der Waals surface area contributed by atoms with Gasteiger partial charge in [-0.05, 0) is 54.1 Å². The zero-order chi connectivity index (χ0) is 36.1. The molecule has 1 aromatic heterocycles. The van der Waals surface area contributed by atoms with E-state index in [1.807, 2.05) is 27.7 Å². The highest BCUT2D eigenvalue weighted by Gasteiger charge is 2.70. The molecule has 0 radical (unpaired) electrons. The summed E-state index contributed by atoms with van der Waals surface area (Å²) in [6.45, 7) is 15.6. The van der Waals surface area contributed by atoms with E-state index >= 15 is 0 Å². The molecule has 6 atom stereocenters. The highest BCUT2D eigenvalue weighted by molar-refractivity contribution is 7.84. The number of fused-ring (bicyclic) bond motifs is 1. The van der Waals surface area contributed by atoms with Crippen molar-refractivity contribution in [3.05, 3.63) is 36.8 Å². The van der Waals surface area contributed by atoms with Gasteiger partial charge in [0, 0.05) is 29.6 Å². The predicted molar refractivity (Wildman–Crippen MR) is 187 cm³/mol. The molecule has 12 nitrogen and oxygen atoms in total. The van der Waals surface area contributed by atoms with Gasteiger partial charge < -0.3 is 30.6 Å². The predicted octanol–water partition coefficient (Wildman–Crippen LogP) is 3.58. The van der Waals surface area contributed by atoms with Crippen molar-refractivity contribution in [3.8, 4) is 0 Å². The number of likely N-dealkylation sites (tertiary alicyclic amines) is 1. The first kappa shape index (κ1) is 38.3. The van der Waals surface area contributed by atoms with E-state index < -0.39 is 63.5 Å². The van der Waals surface area contributed by atoms with Crippen molar-refractivity contribution in [1.82, 2.24) is 26.2 Å². The van der Waals surface area contributed by atoms with Gasteiger partial charge in [0.1, 0.15) is 17.8 Å². The molecule has 1 saturated heterocycles. The summed E-state index contributed by atoms with van der Waals surface area (Å²) in [4.78, 5) is 69.2. The summed E-state index contributed by atoms with van der Waals surface area (Å²) in [7, 11) is -1.28. The largest absolute Gasteiger partial charge is 0.468 e. The van der Waals surface area contributed by atoms with Crippen molar-refractivity contribution in [1.29, 1.82) is 0 Å². The maximum atomic E-state index is 14.4. The highest BCUT2D eigenvalue weighted by Crippen LogP contribution is 2.65. The van der Waals surface area contributed by atoms with E-state index in [0.717, 1.165) is 19.3 Å². The van der Waals surface area contributed by atoms with Crippen LogP contribution in [0.4, 0.5) is 4.79 Å². The topological polar surface area (TPSA) is 167 Å². The van der Waals surface area contributed by atoms with Crippen LogP contribution in [0.3, 0.4) is 0 Å². The van der Waals surface area contributed by atoms with Gasteiger partial charge >= 0.3 is 6.03 Å². The van der Waals surface area contributed by atoms with E-state index in [9.17, 15) is 28.2 Å². The van der Waals surface area contributed by atoms with Gasteiger partial charge in [-0.25, -0.2) is 4.79 Å². The van der Waals surface area contributed by atoms with E-state index in [1.165, 1.54) is 6.08 Å². The summed E-state index contributed by atoms with van der Waals surface area (Å²) in [6, 6.07) is 0.146. The molecule has 4 N–H and O–H groups in total. The standard InChI is InChI=1S/C36H55N5O7S/c1-8-14-25(28(42)31(44)37-18-9-2)38-30(43)27-26-24(35(26,6)7)20-41(27)32(45)29(34(3,4)5)39-33(46)40-36(16-11-10-12-17-36)22-49(47)21-23-15-13-19-48-23/h9,13,15,19,24-27,29H,2,8,10-12,14,16-18,20-22H2,1,3-7H3,(H,37,44)(H,38,43)(H2,39,40,46)/t24-,25?,26-,27-,29+,49?/m0/s1. The Bertz CT molecular complexity index is 1410. The summed E-state index contributed by atoms with van der Waals surface area (Å²) >= 11 is 0. The zero-order valence-corrected chi connectivity index (χ0v) is 30.7. The number of nitrogens with zero attached hydrogens (tertiary/aromatic N) is 1. The Morgan fingerprint density at radius 2 is 1.82 bits per heavy atom. The van der Waals surface area contributed by atoms with E-state index in [0.29, 0.717) is 31.6 Å². The molecule has 13 heteroatoms. The lowest BCUT2D eigenvalue weighted by Gasteiger charge is -2.40. The third-order valence-electron chi connectivity index (χ3n) is 10.5. The lowest BCUT2D eigenvalue weighted by atomic mass is 9.83. The van der Waals surface area contributed by atoms with E-state index in [-0.39, 0.29) is 47.6 Å². The summed E-state index contributed by atoms with van der Waals surface area (Å²) in [5.74, 6) is -1.32. The number of piperidine rings is 1. The summed E-state index contributed by atoms with van der Waals surface area (Å²) < 4.78 is 18.6. The fourth-order valence-corrected chi connectivity index (χ4v) is 9.27. The molecule has 49 heavy (non-hydrogen) atoms. The average molecular weight is 702 g/mol. The minimum absolute atomic E-state index is 0.0764. The van der Waals surface area contributed by atoms with E-state index in [2.05, 4.69) is 41.7 Å². The summed E-state index contributed by atoms with van der Waals surface area (Å²) in [6.07, 6.45) is 7.99. The number of nitrogens with one attached hydrogen (secondary N) is 4. The molecule has 2 heterocycles. The number of hydrogen-bond acceptors (Lipinski definition) is 7. The zero-order valence-electron chi connectivity index (χ0n) is 29.9. The van der Waals surface area contributed by atoms with Gasteiger partial charge in [0.05, 0.1) is 23.6 Å². The third kappa shape index (κ3) is 9.01. The van der Waals surface area contributed by atoms with Crippen molar-refractivity contribution in [2.24, 2.45) is 22.7 Å². The number of Topliss-reactive ketones (excluding diaryl/α,β-unsaturated/α-hetero) is 1. The van der Waals surface area contributed by atoms with Crippen LogP contribution in [0, 0.1) is 22.7 Å². The number of ketones is 1. The second-order valence-corrected chi connectivity index (χ2v) is 17.1. The molecular formula is C36H55N5O7S. The van der Waals surface area contributed by atoms with Crippen LogP contribution in [0.2, 0.25) is 0 Å². The minimum atomic E-state index is -1.28. The maximum Gasteiger partial charge on any atom is 0.315 e. The molecule has 2 aliphatic carbocycles. The van der Waals surface area contributed by atoms with Crippen LogP contribution >= 0.6 is 0 Å². The monoisotopic (exact) mass is 701 g/mol. The van der Waals surface area contributed by atoms with Gasteiger partial charge in [-0.3, -0.25) is 23.4 Å². The molecule has 2 saturated carbocycles. The molecule has 0 aromatic carbocycles. The number of rotatable bonds is 15. The molecule has 5 amide bonds. The Labute approximate surface area is 292 Å². The molecule has 1 aliphatic heterocycles. The molecule has 1 aromatic rings. The fraction of sp³-hybridized carbons (Fsp3) is 0.694.